The Kier molecular flexibility index (Phi) is 11.6. The fourth-order valence-electron chi connectivity index (χ4n) is 3.62. The number of hydrogen-bond acceptors (Lipinski definition) is 5. The highest BCUT2D eigenvalue weighted by molar-refractivity contribution is 6.74. The van der Waals surface area contributed by atoms with Crippen LogP contribution in [-0.2, 0) is 27.1 Å². The molecule has 0 aliphatic heterocycles. The van der Waals surface area contributed by atoms with E-state index >= 15 is 0 Å². The summed E-state index contributed by atoms with van der Waals surface area (Å²) in [6.45, 7) is 16.9. The molecule has 36 heavy (non-hydrogen) atoms. The van der Waals surface area contributed by atoms with Crippen molar-refractivity contribution in [2.75, 3.05) is 26.3 Å². The third-order valence-electron chi connectivity index (χ3n) is 6.77. The minimum absolute atomic E-state index is 0.0962. The molecule has 0 spiro atoms. The van der Waals surface area contributed by atoms with E-state index in [4.69, 9.17) is 19.6 Å². The summed E-state index contributed by atoms with van der Waals surface area (Å²) in [6.07, 6.45) is 0.715. The highest BCUT2D eigenvalue weighted by Gasteiger charge is 2.38. The zero-order valence-electron chi connectivity index (χ0n) is 23.3. The highest BCUT2D eigenvalue weighted by Crippen LogP contribution is 2.37. The molecule has 0 aromatic heterocycles. The van der Waals surface area contributed by atoms with E-state index in [0.717, 1.165) is 16.9 Å². The van der Waals surface area contributed by atoms with Crippen LogP contribution in [0.5, 0.6) is 5.75 Å². The van der Waals surface area contributed by atoms with Crippen molar-refractivity contribution in [3.8, 4) is 5.75 Å². The maximum atomic E-state index is 13.4. The molecule has 200 valence electrons. The molecule has 2 aromatic rings. The fraction of sp³-hybridized carbons (Fsp3) is 0.552. The summed E-state index contributed by atoms with van der Waals surface area (Å²) in [4.78, 5) is 15.2. The second-order valence-electron chi connectivity index (χ2n) is 10.7. The molecule has 0 saturated carbocycles. The van der Waals surface area contributed by atoms with Gasteiger partial charge in [-0.2, -0.15) is 0 Å². The Balaban J connectivity index is 2.10. The van der Waals surface area contributed by atoms with Crippen LogP contribution in [0.4, 0.5) is 0 Å². The van der Waals surface area contributed by atoms with Crippen molar-refractivity contribution in [3.63, 3.8) is 0 Å². The Morgan fingerprint density at radius 1 is 0.944 bits per heavy atom. The smallest absolute Gasteiger partial charge is 0.250 e. The predicted octanol–water partition coefficient (Wildman–Crippen LogP) is 5.41. The van der Waals surface area contributed by atoms with Gasteiger partial charge in [0.2, 0.25) is 14.2 Å². The lowest BCUT2D eigenvalue weighted by Crippen LogP contribution is -2.49. The maximum Gasteiger partial charge on any atom is 0.250 e. The largest absolute Gasteiger partial charge is 0.544 e. The molecule has 2 rings (SSSR count). The number of rotatable bonds is 14. The maximum absolute atomic E-state index is 13.4. The lowest BCUT2D eigenvalue weighted by Gasteiger charge is -2.36. The molecule has 0 bridgehead atoms. The van der Waals surface area contributed by atoms with Crippen molar-refractivity contribution in [2.24, 2.45) is 5.73 Å². The molecule has 0 saturated heterocycles. The molecule has 0 aliphatic rings. The number of carbonyl (C=O) groups excluding carboxylic acids is 1. The summed E-state index contributed by atoms with van der Waals surface area (Å²) in [5.41, 5.74) is 8.55. The zero-order valence-corrected chi connectivity index (χ0v) is 24.3. The fourth-order valence-corrected chi connectivity index (χ4v) is 4.65. The van der Waals surface area contributed by atoms with Gasteiger partial charge in [-0.1, -0.05) is 63.2 Å². The molecule has 7 heteroatoms. The standard InChI is InChI=1S/C29H46N2O4Si/c1-8-33-27(34-9-2)22-31(28(32)26(30)21-24-13-11-10-12-14-24)20-19-23-15-17-25(18-16-23)35-36(6,7)29(3,4)5/h10-18,26-27H,8-9,19-22,30H2,1-7H3/t26-/m0/s1. The van der Waals surface area contributed by atoms with Crippen LogP contribution < -0.4 is 10.2 Å². The Labute approximate surface area is 219 Å². The number of carbonyl (C=O) groups is 1. The molecule has 0 aliphatic carbocycles. The molecule has 1 amide bonds. The van der Waals surface area contributed by atoms with Gasteiger partial charge in [-0.25, -0.2) is 0 Å². The number of amides is 1. The van der Waals surface area contributed by atoms with Crippen molar-refractivity contribution in [1.29, 1.82) is 0 Å². The summed E-state index contributed by atoms with van der Waals surface area (Å²) in [5.74, 6) is 0.803. The first-order valence-electron chi connectivity index (χ1n) is 13.1. The number of ether oxygens (including phenoxy) is 2. The third kappa shape index (κ3) is 9.35. The van der Waals surface area contributed by atoms with Crippen LogP contribution in [0, 0.1) is 0 Å². The summed E-state index contributed by atoms with van der Waals surface area (Å²) in [6, 6.07) is 17.5. The van der Waals surface area contributed by atoms with Crippen molar-refractivity contribution < 1.29 is 18.7 Å². The van der Waals surface area contributed by atoms with E-state index in [1.807, 2.05) is 56.3 Å². The van der Waals surface area contributed by atoms with E-state index in [1.54, 1.807) is 4.90 Å². The number of nitrogens with two attached hydrogens (primary N) is 1. The van der Waals surface area contributed by atoms with Gasteiger partial charge in [0, 0.05) is 19.8 Å². The molecular weight excluding hydrogens is 468 g/mol. The van der Waals surface area contributed by atoms with Crippen molar-refractivity contribution in [3.05, 3.63) is 65.7 Å². The summed E-state index contributed by atoms with van der Waals surface area (Å²) < 4.78 is 17.9. The first-order valence-corrected chi connectivity index (χ1v) is 16.0. The van der Waals surface area contributed by atoms with E-state index in [-0.39, 0.29) is 10.9 Å². The monoisotopic (exact) mass is 514 g/mol. The first kappa shape index (κ1) is 30.0. The second-order valence-corrected chi connectivity index (χ2v) is 15.4. The van der Waals surface area contributed by atoms with E-state index in [1.165, 1.54) is 0 Å². The SMILES string of the molecule is CCOC(CN(CCc1ccc(O[Si](C)(C)C(C)(C)C)cc1)C(=O)[C@@H](N)Cc1ccccc1)OCC. The van der Waals surface area contributed by atoms with Gasteiger partial charge in [0.25, 0.3) is 0 Å². The van der Waals surface area contributed by atoms with Crippen LogP contribution in [0.25, 0.3) is 0 Å². The minimum Gasteiger partial charge on any atom is -0.544 e. The second kappa shape index (κ2) is 13.9. The molecular formula is C29H46N2O4Si. The third-order valence-corrected chi connectivity index (χ3v) is 11.1. The van der Waals surface area contributed by atoms with Gasteiger partial charge in [0.05, 0.1) is 12.6 Å². The molecule has 1 atom stereocenters. The van der Waals surface area contributed by atoms with Gasteiger partial charge in [0.15, 0.2) is 6.29 Å². The molecule has 6 nitrogen and oxygen atoms in total. The number of hydrogen-bond donors (Lipinski definition) is 1. The minimum atomic E-state index is -1.89. The topological polar surface area (TPSA) is 74.0 Å². The summed E-state index contributed by atoms with van der Waals surface area (Å²) in [7, 11) is -1.89. The van der Waals surface area contributed by atoms with Gasteiger partial charge in [-0.05, 0) is 68.1 Å². The average molecular weight is 515 g/mol. The Morgan fingerprint density at radius 3 is 2.06 bits per heavy atom. The molecule has 0 unspecified atom stereocenters. The Bertz CT molecular complexity index is 907. The van der Waals surface area contributed by atoms with E-state index in [2.05, 4.69) is 46.0 Å². The van der Waals surface area contributed by atoms with E-state index in [0.29, 0.717) is 39.1 Å². The van der Waals surface area contributed by atoms with Crippen LogP contribution in [0.2, 0.25) is 18.1 Å². The van der Waals surface area contributed by atoms with Gasteiger partial charge in [-0.15, -0.1) is 0 Å². The van der Waals surface area contributed by atoms with Crippen LogP contribution in [0.3, 0.4) is 0 Å². The first-order chi connectivity index (χ1) is 17.0. The molecule has 0 heterocycles. The number of benzene rings is 2. The van der Waals surface area contributed by atoms with Gasteiger partial charge >= 0.3 is 0 Å². The molecule has 2 aromatic carbocycles. The number of nitrogens with zero attached hydrogens (tertiary/aromatic N) is 1. The molecule has 2 N–H and O–H groups in total. The van der Waals surface area contributed by atoms with Crippen molar-refractivity contribution in [1.82, 2.24) is 4.90 Å². The quantitative estimate of drug-likeness (QED) is 0.269. The zero-order chi connectivity index (χ0) is 26.8. The van der Waals surface area contributed by atoms with Crippen LogP contribution in [0.15, 0.2) is 54.6 Å². The Hall–Kier alpha value is -2.19. The van der Waals surface area contributed by atoms with Gasteiger partial charge in [0.1, 0.15) is 5.75 Å². The van der Waals surface area contributed by atoms with E-state index < -0.39 is 20.6 Å². The van der Waals surface area contributed by atoms with Crippen molar-refractivity contribution in [2.45, 2.75) is 77.9 Å². The molecule has 0 radical (unpaired) electrons. The lowest BCUT2D eigenvalue weighted by molar-refractivity contribution is -0.159. The predicted molar refractivity (Wildman–Crippen MR) is 150 cm³/mol. The lowest BCUT2D eigenvalue weighted by atomic mass is 10.1. The average Bonchev–Trinajstić information content (AvgIpc) is 2.82. The van der Waals surface area contributed by atoms with Crippen LogP contribution in [-0.4, -0.2) is 57.8 Å². The highest BCUT2D eigenvalue weighted by atomic mass is 28.4. The van der Waals surface area contributed by atoms with Crippen LogP contribution in [0.1, 0.15) is 45.7 Å². The summed E-state index contributed by atoms with van der Waals surface area (Å²) >= 11 is 0. The summed E-state index contributed by atoms with van der Waals surface area (Å²) in [5, 5.41) is 0.142. The van der Waals surface area contributed by atoms with Gasteiger partial charge in [-0.3, -0.25) is 4.79 Å². The normalized spacial score (nSPS) is 13.0. The molecule has 0 fully saturated rings. The Morgan fingerprint density at radius 2 is 1.53 bits per heavy atom. The van der Waals surface area contributed by atoms with Crippen LogP contribution >= 0.6 is 0 Å². The van der Waals surface area contributed by atoms with Gasteiger partial charge < -0.3 is 24.5 Å². The van der Waals surface area contributed by atoms with Crippen molar-refractivity contribution >= 4 is 14.2 Å². The van der Waals surface area contributed by atoms with E-state index in [9.17, 15) is 4.79 Å².